The summed E-state index contributed by atoms with van der Waals surface area (Å²) >= 11 is 0. The average molecular weight is 292 g/mol. The Balaban J connectivity index is 1.99. The molecule has 1 aromatic rings. The summed E-state index contributed by atoms with van der Waals surface area (Å²) in [4.78, 5) is 2.46. The Hall–Kier alpha value is -1.10. The summed E-state index contributed by atoms with van der Waals surface area (Å²) in [7, 11) is 1.76. The van der Waals surface area contributed by atoms with E-state index in [0.29, 0.717) is 12.6 Å². The second kappa shape index (κ2) is 9.03. The van der Waals surface area contributed by atoms with Crippen molar-refractivity contribution in [2.45, 2.75) is 32.4 Å². The molecule has 1 saturated heterocycles. The third-order valence-corrected chi connectivity index (χ3v) is 3.92. The highest BCUT2D eigenvalue weighted by Gasteiger charge is 2.18. The molecule has 1 unspecified atom stereocenters. The van der Waals surface area contributed by atoms with Gasteiger partial charge in [-0.15, -0.1) is 0 Å². The highest BCUT2D eigenvalue weighted by molar-refractivity contribution is 5.33. The van der Waals surface area contributed by atoms with Gasteiger partial charge in [0.05, 0.1) is 13.2 Å². The fraction of sp³-hybridized carbons (Fsp3) is 0.647. The molecule has 0 spiro atoms. The number of rotatable bonds is 9. The standard InChI is InChI=1S/C17H28N2O2/c1-3-21-17-9-5-4-7-15(17)13-19(11-12-20-2)14-16-8-6-10-18-16/h4-5,7,9,16,18H,3,6,8,10-14H2,1-2H3. The summed E-state index contributed by atoms with van der Waals surface area (Å²) in [5.74, 6) is 1.00. The van der Waals surface area contributed by atoms with Gasteiger partial charge in [-0.1, -0.05) is 18.2 Å². The number of hydrogen-bond donors (Lipinski definition) is 1. The lowest BCUT2D eigenvalue weighted by Gasteiger charge is -2.26. The van der Waals surface area contributed by atoms with Crippen LogP contribution in [0.2, 0.25) is 0 Å². The molecule has 2 rings (SSSR count). The molecule has 4 nitrogen and oxygen atoms in total. The van der Waals surface area contributed by atoms with E-state index in [1.807, 2.05) is 13.0 Å². The molecule has 0 bridgehead atoms. The van der Waals surface area contributed by atoms with Gasteiger partial charge in [0.25, 0.3) is 0 Å². The van der Waals surface area contributed by atoms with Crippen molar-refractivity contribution in [3.05, 3.63) is 29.8 Å². The lowest BCUT2D eigenvalue weighted by atomic mass is 10.1. The zero-order chi connectivity index (χ0) is 14.9. The van der Waals surface area contributed by atoms with Crippen LogP contribution in [0.4, 0.5) is 0 Å². The van der Waals surface area contributed by atoms with Crippen LogP contribution < -0.4 is 10.1 Å². The van der Waals surface area contributed by atoms with Gasteiger partial charge in [0.1, 0.15) is 5.75 Å². The summed E-state index contributed by atoms with van der Waals surface area (Å²) in [5.41, 5.74) is 1.26. The minimum absolute atomic E-state index is 0.612. The summed E-state index contributed by atoms with van der Waals surface area (Å²) in [5, 5.41) is 3.58. The number of hydrogen-bond acceptors (Lipinski definition) is 4. The third-order valence-electron chi connectivity index (χ3n) is 3.92. The van der Waals surface area contributed by atoms with E-state index in [4.69, 9.17) is 9.47 Å². The molecule has 1 fully saturated rings. The van der Waals surface area contributed by atoms with Crippen molar-refractivity contribution in [2.75, 3.05) is 40.0 Å². The summed E-state index contributed by atoms with van der Waals surface area (Å²) < 4.78 is 11.0. The van der Waals surface area contributed by atoms with Crippen LogP contribution in [-0.4, -0.2) is 50.9 Å². The Morgan fingerprint density at radius 2 is 2.19 bits per heavy atom. The molecule has 1 atom stereocenters. The maximum atomic E-state index is 5.74. The number of para-hydroxylation sites is 1. The second-order valence-electron chi connectivity index (χ2n) is 5.56. The highest BCUT2D eigenvalue weighted by atomic mass is 16.5. The smallest absolute Gasteiger partial charge is 0.123 e. The quantitative estimate of drug-likeness (QED) is 0.757. The molecule has 0 aromatic heterocycles. The zero-order valence-corrected chi connectivity index (χ0v) is 13.3. The lowest BCUT2D eigenvalue weighted by molar-refractivity contribution is 0.137. The molecule has 1 aromatic carbocycles. The van der Waals surface area contributed by atoms with Crippen LogP contribution in [0, 0.1) is 0 Å². The van der Waals surface area contributed by atoms with Gasteiger partial charge in [-0.25, -0.2) is 0 Å². The van der Waals surface area contributed by atoms with Gasteiger partial charge in [-0.2, -0.15) is 0 Å². The van der Waals surface area contributed by atoms with E-state index in [9.17, 15) is 0 Å². The molecule has 1 aliphatic rings. The molecular weight excluding hydrogens is 264 g/mol. The van der Waals surface area contributed by atoms with Crippen LogP contribution in [0.1, 0.15) is 25.3 Å². The van der Waals surface area contributed by atoms with E-state index in [0.717, 1.165) is 38.5 Å². The van der Waals surface area contributed by atoms with Crippen LogP contribution in [0.15, 0.2) is 24.3 Å². The SMILES string of the molecule is CCOc1ccccc1CN(CCOC)CC1CCCN1. The van der Waals surface area contributed by atoms with Crippen molar-refractivity contribution in [1.82, 2.24) is 10.2 Å². The monoisotopic (exact) mass is 292 g/mol. The minimum Gasteiger partial charge on any atom is -0.494 e. The fourth-order valence-corrected chi connectivity index (χ4v) is 2.85. The molecule has 4 heteroatoms. The molecule has 0 aliphatic carbocycles. The van der Waals surface area contributed by atoms with Crippen molar-refractivity contribution < 1.29 is 9.47 Å². The molecule has 0 saturated carbocycles. The first-order valence-electron chi connectivity index (χ1n) is 7.99. The predicted molar refractivity (Wildman–Crippen MR) is 85.8 cm³/mol. The van der Waals surface area contributed by atoms with Crippen molar-refractivity contribution in [1.29, 1.82) is 0 Å². The molecule has 1 heterocycles. The highest BCUT2D eigenvalue weighted by Crippen LogP contribution is 2.20. The zero-order valence-electron chi connectivity index (χ0n) is 13.3. The van der Waals surface area contributed by atoms with Crippen molar-refractivity contribution in [3.8, 4) is 5.75 Å². The van der Waals surface area contributed by atoms with Crippen LogP contribution >= 0.6 is 0 Å². The Labute approximate surface area is 128 Å². The third kappa shape index (κ3) is 5.30. The molecule has 0 amide bonds. The van der Waals surface area contributed by atoms with Crippen LogP contribution in [0.5, 0.6) is 5.75 Å². The lowest BCUT2D eigenvalue weighted by Crippen LogP contribution is -2.38. The van der Waals surface area contributed by atoms with E-state index < -0.39 is 0 Å². The maximum Gasteiger partial charge on any atom is 0.123 e. The molecule has 118 valence electrons. The fourth-order valence-electron chi connectivity index (χ4n) is 2.85. The van der Waals surface area contributed by atoms with Gasteiger partial charge < -0.3 is 14.8 Å². The van der Waals surface area contributed by atoms with E-state index in [-0.39, 0.29) is 0 Å². The Kier molecular flexibility index (Phi) is 7.00. The van der Waals surface area contributed by atoms with Crippen molar-refractivity contribution in [2.24, 2.45) is 0 Å². The maximum absolute atomic E-state index is 5.74. The van der Waals surface area contributed by atoms with E-state index >= 15 is 0 Å². The van der Waals surface area contributed by atoms with Gasteiger partial charge in [0.15, 0.2) is 0 Å². The van der Waals surface area contributed by atoms with Gasteiger partial charge in [-0.3, -0.25) is 4.90 Å². The molecule has 0 radical (unpaired) electrons. The Bertz CT molecular complexity index is 406. The Morgan fingerprint density at radius 1 is 1.33 bits per heavy atom. The Morgan fingerprint density at radius 3 is 2.90 bits per heavy atom. The van der Waals surface area contributed by atoms with Crippen LogP contribution in [0.25, 0.3) is 0 Å². The summed E-state index contributed by atoms with van der Waals surface area (Å²) in [6.07, 6.45) is 2.56. The van der Waals surface area contributed by atoms with Gasteiger partial charge in [0, 0.05) is 38.3 Å². The number of ether oxygens (including phenoxy) is 2. The molecule has 1 aliphatic heterocycles. The average Bonchev–Trinajstić information content (AvgIpc) is 3.00. The number of methoxy groups -OCH3 is 1. The van der Waals surface area contributed by atoms with Crippen molar-refractivity contribution >= 4 is 0 Å². The molecule has 1 N–H and O–H groups in total. The first-order valence-corrected chi connectivity index (χ1v) is 7.99. The van der Waals surface area contributed by atoms with Crippen LogP contribution in [-0.2, 0) is 11.3 Å². The van der Waals surface area contributed by atoms with Gasteiger partial charge >= 0.3 is 0 Å². The first-order chi connectivity index (χ1) is 10.3. The molecular formula is C17H28N2O2. The largest absolute Gasteiger partial charge is 0.494 e. The second-order valence-corrected chi connectivity index (χ2v) is 5.56. The van der Waals surface area contributed by atoms with Crippen molar-refractivity contribution in [3.63, 3.8) is 0 Å². The van der Waals surface area contributed by atoms with Gasteiger partial charge in [-0.05, 0) is 32.4 Å². The van der Waals surface area contributed by atoms with Gasteiger partial charge in [0.2, 0.25) is 0 Å². The van der Waals surface area contributed by atoms with E-state index in [1.54, 1.807) is 7.11 Å². The summed E-state index contributed by atoms with van der Waals surface area (Å²) in [6.45, 7) is 7.60. The van der Waals surface area contributed by atoms with Crippen LogP contribution in [0.3, 0.4) is 0 Å². The number of benzene rings is 1. The van der Waals surface area contributed by atoms with E-state index in [2.05, 4.69) is 28.4 Å². The first kappa shape index (κ1) is 16.3. The molecule has 21 heavy (non-hydrogen) atoms. The number of nitrogens with one attached hydrogen (secondary N) is 1. The van der Waals surface area contributed by atoms with E-state index in [1.165, 1.54) is 18.4 Å². The summed E-state index contributed by atoms with van der Waals surface area (Å²) in [6, 6.07) is 8.95. The predicted octanol–water partition coefficient (Wildman–Crippen LogP) is 2.29. The normalized spacial score (nSPS) is 18.3. The minimum atomic E-state index is 0.612. The topological polar surface area (TPSA) is 33.7 Å². The number of nitrogens with zero attached hydrogens (tertiary/aromatic N) is 1.